The summed E-state index contributed by atoms with van der Waals surface area (Å²) in [7, 11) is 1.35. The summed E-state index contributed by atoms with van der Waals surface area (Å²) in [4.78, 5) is 33.0. The monoisotopic (exact) mass is 309 g/mol. The summed E-state index contributed by atoms with van der Waals surface area (Å²) >= 11 is 0. The van der Waals surface area contributed by atoms with Gasteiger partial charge in [-0.15, -0.1) is 0 Å². The Morgan fingerprint density at radius 2 is 1.65 bits per heavy atom. The molecular weight excluding hydrogens is 294 g/mol. The maximum Gasteiger partial charge on any atom is 0.250 e. The zero-order chi connectivity index (χ0) is 16.6. The van der Waals surface area contributed by atoms with Gasteiger partial charge in [-0.05, 0) is 25.5 Å². The van der Waals surface area contributed by atoms with E-state index in [0.717, 1.165) is 16.8 Å². The van der Waals surface area contributed by atoms with E-state index in [1.807, 2.05) is 32.0 Å². The first-order chi connectivity index (χ1) is 11.0. The second-order valence-corrected chi connectivity index (χ2v) is 5.26. The van der Waals surface area contributed by atoms with Crippen molar-refractivity contribution >= 4 is 17.3 Å². The average molecular weight is 309 g/mol. The summed E-state index contributed by atoms with van der Waals surface area (Å²) in [5.74, 6) is -0.921. The molecule has 3 rings (SSSR count). The molecule has 23 heavy (non-hydrogen) atoms. The van der Waals surface area contributed by atoms with Crippen LogP contribution in [0, 0.1) is 13.8 Å². The number of ketones is 2. The van der Waals surface area contributed by atoms with Crippen LogP contribution in [-0.4, -0.2) is 28.6 Å². The summed E-state index contributed by atoms with van der Waals surface area (Å²) in [5.41, 5.74) is 2.92. The molecule has 1 heterocycles. The molecule has 0 saturated carbocycles. The van der Waals surface area contributed by atoms with E-state index < -0.39 is 11.6 Å². The van der Waals surface area contributed by atoms with Crippen LogP contribution in [-0.2, 0) is 4.74 Å². The number of benzene rings is 1. The quantitative estimate of drug-likeness (QED) is 0.938. The van der Waals surface area contributed by atoms with E-state index in [0.29, 0.717) is 0 Å². The van der Waals surface area contributed by atoms with Crippen LogP contribution in [0.1, 0.15) is 32.1 Å². The number of Topliss-reactive ketones (excluding diaryl/α,β-unsaturated/α-hetero) is 2. The molecule has 6 nitrogen and oxygen atoms in total. The van der Waals surface area contributed by atoms with Crippen LogP contribution in [0.3, 0.4) is 0 Å². The Balaban J connectivity index is 2.09. The first-order valence-corrected chi connectivity index (χ1v) is 7.06. The zero-order valence-corrected chi connectivity index (χ0v) is 13.0. The molecule has 0 radical (unpaired) electrons. The number of hydrogen-bond acceptors (Lipinski definition) is 6. The second-order valence-electron chi connectivity index (χ2n) is 5.26. The van der Waals surface area contributed by atoms with Crippen LogP contribution in [0.25, 0.3) is 0 Å². The molecule has 1 N–H and O–H groups in total. The summed E-state index contributed by atoms with van der Waals surface area (Å²) in [6.07, 6.45) is 2.76. The molecule has 0 unspecified atom stereocenters. The maximum atomic E-state index is 12.7. The van der Waals surface area contributed by atoms with E-state index in [4.69, 9.17) is 4.74 Å². The highest BCUT2D eigenvalue weighted by molar-refractivity contribution is 6.25. The highest BCUT2D eigenvalue weighted by atomic mass is 16.5. The van der Waals surface area contributed by atoms with Gasteiger partial charge in [0.15, 0.2) is 5.76 Å². The van der Waals surface area contributed by atoms with Crippen molar-refractivity contribution in [1.82, 2.24) is 9.97 Å². The number of nitrogens with zero attached hydrogens (tertiary/aromatic N) is 2. The van der Waals surface area contributed by atoms with Crippen molar-refractivity contribution in [2.75, 3.05) is 12.4 Å². The Kier molecular flexibility index (Phi) is 3.65. The number of methoxy groups -OCH3 is 1. The molecule has 1 aromatic carbocycles. The highest BCUT2D eigenvalue weighted by Gasteiger charge is 2.35. The van der Waals surface area contributed by atoms with Crippen LogP contribution < -0.4 is 5.32 Å². The largest absolute Gasteiger partial charge is 0.491 e. The van der Waals surface area contributed by atoms with Crippen LogP contribution in [0.4, 0.5) is 5.69 Å². The lowest BCUT2D eigenvalue weighted by atomic mass is 9.99. The van der Waals surface area contributed by atoms with Gasteiger partial charge < -0.3 is 10.1 Å². The molecule has 0 aliphatic heterocycles. The smallest absolute Gasteiger partial charge is 0.250 e. The SMILES string of the molecule is COC1=C(Nc2ccc(C)cc2C)C(=O)c2nccnc2C1=O. The molecule has 116 valence electrons. The predicted octanol–water partition coefficient (Wildman–Crippen LogP) is 2.44. The number of nitrogens with one attached hydrogen (secondary N) is 1. The number of hydrogen-bond donors (Lipinski definition) is 1. The van der Waals surface area contributed by atoms with Gasteiger partial charge in [-0.1, -0.05) is 17.7 Å². The number of anilines is 1. The summed E-state index contributed by atoms with van der Waals surface area (Å²) < 4.78 is 5.16. The Morgan fingerprint density at radius 1 is 1.00 bits per heavy atom. The van der Waals surface area contributed by atoms with Gasteiger partial charge in [0.1, 0.15) is 17.1 Å². The Morgan fingerprint density at radius 3 is 2.26 bits per heavy atom. The van der Waals surface area contributed by atoms with Crippen LogP contribution in [0.2, 0.25) is 0 Å². The standard InChI is InChI=1S/C17H15N3O3/c1-9-4-5-11(10(2)8-9)20-14-15(21)12-13(19-7-6-18-12)16(22)17(14)23-3/h4-8,20H,1-3H3. The van der Waals surface area contributed by atoms with E-state index >= 15 is 0 Å². The number of carbonyl (C=O) groups is 2. The van der Waals surface area contributed by atoms with Crippen molar-refractivity contribution in [2.45, 2.75) is 13.8 Å². The predicted molar refractivity (Wildman–Crippen MR) is 84.3 cm³/mol. The molecule has 0 fully saturated rings. The van der Waals surface area contributed by atoms with Gasteiger partial charge in [0, 0.05) is 18.1 Å². The molecule has 0 spiro atoms. The van der Waals surface area contributed by atoms with Crippen molar-refractivity contribution in [3.05, 3.63) is 64.6 Å². The van der Waals surface area contributed by atoms with Gasteiger partial charge in [-0.25, -0.2) is 9.97 Å². The average Bonchev–Trinajstić information content (AvgIpc) is 2.55. The van der Waals surface area contributed by atoms with Crippen LogP contribution >= 0.6 is 0 Å². The third-order valence-electron chi connectivity index (χ3n) is 3.63. The van der Waals surface area contributed by atoms with E-state index in [9.17, 15) is 9.59 Å². The van der Waals surface area contributed by atoms with Gasteiger partial charge >= 0.3 is 0 Å². The number of allylic oxidation sites excluding steroid dienone is 2. The van der Waals surface area contributed by atoms with E-state index in [1.54, 1.807) is 0 Å². The number of aromatic nitrogens is 2. The molecular formula is C17H15N3O3. The molecule has 0 atom stereocenters. The fourth-order valence-electron chi connectivity index (χ4n) is 2.51. The van der Waals surface area contributed by atoms with Gasteiger partial charge in [0.05, 0.1) is 7.11 Å². The molecule has 2 aromatic rings. The van der Waals surface area contributed by atoms with Crippen molar-refractivity contribution in [3.8, 4) is 0 Å². The second kappa shape index (κ2) is 5.64. The number of fused-ring (bicyclic) bond motifs is 1. The molecule has 0 amide bonds. The van der Waals surface area contributed by atoms with Crippen molar-refractivity contribution in [3.63, 3.8) is 0 Å². The Labute approximate surface area is 133 Å². The van der Waals surface area contributed by atoms with E-state index in [1.165, 1.54) is 19.5 Å². The third kappa shape index (κ3) is 2.48. The lowest BCUT2D eigenvalue weighted by Crippen LogP contribution is -2.29. The van der Waals surface area contributed by atoms with Crippen molar-refractivity contribution < 1.29 is 14.3 Å². The minimum absolute atomic E-state index is 0.0144. The van der Waals surface area contributed by atoms with Gasteiger partial charge in [-0.2, -0.15) is 0 Å². The van der Waals surface area contributed by atoms with Crippen LogP contribution in [0.15, 0.2) is 42.0 Å². The zero-order valence-electron chi connectivity index (χ0n) is 13.0. The molecule has 0 saturated heterocycles. The van der Waals surface area contributed by atoms with Gasteiger partial charge in [0.2, 0.25) is 5.78 Å². The first-order valence-electron chi connectivity index (χ1n) is 7.06. The number of carbonyl (C=O) groups excluding carboxylic acids is 2. The molecule has 1 aliphatic carbocycles. The number of aryl methyl sites for hydroxylation is 2. The van der Waals surface area contributed by atoms with Crippen molar-refractivity contribution in [2.24, 2.45) is 0 Å². The van der Waals surface area contributed by atoms with Crippen molar-refractivity contribution in [1.29, 1.82) is 0 Å². The Hall–Kier alpha value is -3.02. The topological polar surface area (TPSA) is 81.2 Å². The lowest BCUT2D eigenvalue weighted by molar-refractivity contribution is 0.0899. The molecule has 0 bridgehead atoms. The van der Waals surface area contributed by atoms with Gasteiger partial charge in [0.25, 0.3) is 5.78 Å². The highest BCUT2D eigenvalue weighted by Crippen LogP contribution is 2.27. The summed E-state index contributed by atoms with van der Waals surface area (Å²) in [6, 6.07) is 5.76. The fraction of sp³-hybridized carbons (Fsp3) is 0.176. The first kappa shape index (κ1) is 14.9. The molecule has 1 aliphatic rings. The Bertz CT molecular complexity index is 856. The summed E-state index contributed by atoms with van der Waals surface area (Å²) in [5, 5.41) is 3.01. The normalized spacial score (nSPS) is 13.9. The molecule has 6 heteroatoms. The van der Waals surface area contributed by atoms with E-state index in [2.05, 4.69) is 15.3 Å². The maximum absolute atomic E-state index is 12.7. The lowest BCUT2D eigenvalue weighted by Gasteiger charge is -2.20. The van der Waals surface area contributed by atoms with Crippen LogP contribution in [0.5, 0.6) is 0 Å². The number of ether oxygens (including phenoxy) is 1. The van der Waals surface area contributed by atoms with Gasteiger partial charge in [-0.3, -0.25) is 9.59 Å². The van der Waals surface area contributed by atoms with E-state index in [-0.39, 0.29) is 22.8 Å². The minimum Gasteiger partial charge on any atom is -0.491 e. The minimum atomic E-state index is -0.456. The summed E-state index contributed by atoms with van der Waals surface area (Å²) in [6.45, 7) is 3.91. The molecule has 1 aromatic heterocycles. The fourth-order valence-corrected chi connectivity index (χ4v) is 2.51. The number of rotatable bonds is 3. The third-order valence-corrected chi connectivity index (χ3v) is 3.63.